The van der Waals surface area contributed by atoms with Gasteiger partial charge in [0.25, 0.3) is 0 Å². The van der Waals surface area contributed by atoms with Crippen molar-refractivity contribution >= 4 is 47.4 Å². The molecule has 1 aliphatic rings. The predicted octanol–water partition coefficient (Wildman–Crippen LogP) is 3.24. The van der Waals surface area contributed by atoms with Gasteiger partial charge in [-0.15, -0.1) is 24.0 Å². The Labute approximate surface area is 179 Å². The number of likely N-dealkylation sites (tertiary alicyclic amines) is 1. The van der Waals surface area contributed by atoms with Crippen LogP contribution in [0.2, 0.25) is 5.02 Å². The molecule has 1 aliphatic heterocycles. The highest BCUT2D eigenvalue weighted by molar-refractivity contribution is 14.0. The number of hydrogen-bond donors (Lipinski definition) is 2. The van der Waals surface area contributed by atoms with Crippen LogP contribution in [0.5, 0.6) is 5.75 Å². The maximum atomic E-state index is 12.5. The Morgan fingerprint density at radius 1 is 1.33 bits per heavy atom. The second-order valence-electron chi connectivity index (χ2n) is 5.77. The fraction of sp³-hybridized carbons (Fsp3) is 0.529. The van der Waals surface area contributed by atoms with Crippen LogP contribution in [0.1, 0.15) is 25.3 Å². The number of nitrogens with zero attached hydrogens (tertiary/aromatic N) is 2. The SMILES string of the molecule is CCNC(=NCc1cc(Cl)ccc1OC(F)F)NCC(=O)N1CCCC1.I. The Hall–Kier alpha value is -1.36. The number of rotatable bonds is 7. The Morgan fingerprint density at radius 2 is 2.04 bits per heavy atom. The van der Waals surface area contributed by atoms with Gasteiger partial charge in [0, 0.05) is 30.2 Å². The van der Waals surface area contributed by atoms with Crippen molar-refractivity contribution in [2.45, 2.75) is 32.9 Å². The van der Waals surface area contributed by atoms with Crippen molar-refractivity contribution in [1.29, 1.82) is 0 Å². The van der Waals surface area contributed by atoms with Gasteiger partial charge in [-0.25, -0.2) is 4.99 Å². The predicted molar refractivity (Wildman–Crippen MR) is 112 cm³/mol. The van der Waals surface area contributed by atoms with Crippen LogP contribution in [0.15, 0.2) is 23.2 Å². The lowest BCUT2D eigenvalue weighted by Gasteiger charge is -2.17. The van der Waals surface area contributed by atoms with Gasteiger partial charge in [-0.05, 0) is 38.0 Å². The van der Waals surface area contributed by atoms with Crippen molar-refractivity contribution in [2.75, 3.05) is 26.2 Å². The number of alkyl halides is 2. The summed E-state index contributed by atoms with van der Waals surface area (Å²) >= 11 is 5.93. The highest BCUT2D eigenvalue weighted by atomic mass is 127. The molecule has 10 heteroatoms. The zero-order valence-electron chi connectivity index (χ0n) is 15.0. The van der Waals surface area contributed by atoms with Gasteiger partial charge < -0.3 is 20.3 Å². The van der Waals surface area contributed by atoms with Gasteiger partial charge in [0.15, 0.2) is 5.96 Å². The van der Waals surface area contributed by atoms with Crippen LogP contribution in [0.3, 0.4) is 0 Å². The summed E-state index contributed by atoms with van der Waals surface area (Å²) in [5.41, 5.74) is 0.431. The average molecular weight is 517 g/mol. The maximum Gasteiger partial charge on any atom is 0.387 e. The summed E-state index contributed by atoms with van der Waals surface area (Å²) in [5, 5.41) is 6.39. The van der Waals surface area contributed by atoms with Gasteiger partial charge in [0.2, 0.25) is 5.91 Å². The molecule has 0 spiro atoms. The third kappa shape index (κ3) is 8.04. The summed E-state index contributed by atoms with van der Waals surface area (Å²) in [7, 11) is 0. The van der Waals surface area contributed by atoms with E-state index in [-0.39, 0.29) is 48.7 Å². The molecule has 0 saturated carbocycles. The van der Waals surface area contributed by atoms with E-state index in [1.165, 1.54) is 18.2 Å². The first-order valence-electron chi connectivity index (χ1n) is 8.52. The van der Waals surface area contributed by atoms with Crippen LogP contribution in [0, 0.1) is 0 Å². The van der Waals surface area contributed by atoms with E-state index in [9.17, 15) is 13.6 Å². The van der Waals surface area contributed by atoms with E-state index in [1.54, 1.807) is 0 Å². The lowest BCUT2D eigenvalue weighted by atomic mass is 10.2. The standard InChI is InChI=1S/C17H23ClF2N4O2.HI/c1-2-21-17(23-11-15(25)24-7-3-4-8-24)22-10-12-9-13(18)5-6-14(12)26-16(19)20;/h5-6,9,16H,2-4,7-8,10-11H2,1H3,(H2,21,22,23);1H. The summed E-state index contributed by atoms with van der Waals surface area (Å²) in [6.07, 6.45) is 2.06. The molecular formula is C17H24ClF2IN4O2. The van der Waals surface area contributed by atoms with Crippen LogP contribution >= 0.6 is 35.6 Å². The number of benzene rings is 1. The van der Waals surface area contributed by atoms with Crippen molar-refractivity contribution in [2.24, 2.45) is 4.99 Å². The van der Waals surface area contributed by atoms with Gasteiger partial charge in [-0.1, -0.05) is 11.6 Å². The van der Waals surface area contributed by atoms with Crippen molar-refractivity contribution in [3.63, 3.8) is 0 Å². The van der Waals surface area contributed by atoms with Crippen LogP contribution in [0.4, 0.5) is 8.78 Å². The first-order chi connectivity index (χ1) is 12.5. The molecule has 0 aliphatic carbocycles. The van der Waals surface area contributed by atoms with E-state index in [0.29, 0.717) is 23.1 Å². The van der Waals surface area contributed by atoms with E-state index in [2.05, 4.69) is 20.4 Å². The number of carbonyl (C=O) groups is 1. The fourth-order valence-electron chi connectivity index (χ4n) is 2.63. The molecule has 0 bridgehead atoms. The van der Waals surface area contributed by atoms with Crippen LogP contribution in [0.25, 0.3) is 0 Å². The molecule has 0 unspecified atom stereocenters. The molecule has 27 heavy (non-hydrogen) atoms. The van der Waals surface area contributed by atoms with Crippen molar-refractivity contribution in [1.82, 2.24) is 15.5 Å². The molecule has 2 rings (SSSR count). The molecule has 0 aromatic heterocycles. The molecule has 2 N–H and O–H groups in total. The third-order valence-corrected chi connectivity index (χ3v) is 4.09. The summed E-state index contributed by atoms with van der Waals surface area (Å²) < 4.78 is 29.5. The normalized spacial score (nSPS) is 14.1. The summed E-state index contributed by atoms with van der Waals surface area (Å²) in [4.78, 5) is 18.2. The number of ether oxygens (including phenoxy) is 1. The van der Waals surface area contributed by atoms with Gasteiger partial charge in [-0.2, -0.15) is 8.78 Å². The number of amides is 1. The Morgan fingerprint density at radius 3 is 2.67 bits per heavy atom. The zero-order chi connectivity index (χ0) is 18.9. The highest BCUT2D eigenvalue weighted by Crippen LogP contribution is 2.25. The van der Waals surface area contributed by atoms with Crippen molar-refractivity contribution < 1.29 is 18.3 Å². The minimum Gasteiger partial charge on any atom is -0.434 e. The molecule has 1 fully saturated rings. The smallest absolute Gasteiger partial charge is 0.387 e. The minimum absolute atomic E-state index is 0. The largest absolute Gasteiger partial charge is 0.434 e. The number of aliphatic imine (C=N–C) groups is 1. The van der Waals surface area contributed by atoms with E-state index in [0.717, 1.165) is 25.9 Å². The third-order valence-electron chi connectivity index (χ3n) is 3.86. The van der Waals surface area contributed by atoms with Gasteiger partial charge in [0.05, 0.1) is 13.1 Å². The number of halogens is 4. The number of nitrogens with one attached hydrogen (secondary N) is 2. The van der Waals surface area contributed by atoms with Gasteiger partial charge >= 0.3 is 6.61 Å². The molecule has 1 heterocycles. The molecule has 1 aromatic carbocycles. The Bertz CT molecular complexity index is 643. The number of hydrogen-bond acceptors (Lipinski definition) is 3. The monoisotopic (exact) mass is 516 g/mol. The summed E-state index contributed by atoms with van der Waals surface area (Å²) in [6, 6.07) is 4.39. The molecule has 0 radical (unpaired) electrons. The van der Waals surface area contributed by atoms with Crippen molar-refractivity contribution in [3.8, 4) is 5.75 Å². The van der Waals surface area contributed by atoms with Crippen LogP contribution in [-0.2, 0) is 11.3 Å². The Kier molecular flexibility index (Phi) is 10.7. The molecule has 152 valence electrons. The van der Waals surface area contributed by atoms with E-state index < -0.39 is 6.61 Å². The molecular weight excluding hydrogens is 493 g/mol. The van der Waals surface area contributed by atoms with E-state index >= 15 is 0 Å². The molecule has 1 aromatic rings. The van der Waals surface area contributed by atoms with E-state index in [4.69, 9.17) is 11.6 Å². The number of carbonyl (C=O) groups excluding carboxylic acids is 1. The molecule has 1 amide bonds. The summed E-state index contributed by atoms with van der Waals surface area (Å²) in [6.45, 7) is 1.33. The van der Waals surface area contributed by atoms with Crippen LogP contribution in [-0.4, -0.2) is 49.6 Å². The molecule has 6 nitrogen and oxygen atoms in total. The first kappa shape index (κ1) is 23.7. The number of guanidine groups is 1. The molecule has 1 saturated heterocycles. The Balaban J connectivity index is 0.00000364. The first-order valence-corrected chi connectivity index (χ1v) is 8.90. The fourth-order valence-corrected chi connectivity index (χ4v) is 2.82. The topological polar surface area (TPSA) is 66.0 Å². The lowest BCUT2D eigenvalue weighted by molar-refractivity contribution is -0.128. The van der Waals surface area contributed by atoms with E-state index in [1.807, 2.05) is 11.8 Å². The van der Waals surface area contributed by atoms with Gasteiger partial charge in [0.1, 0.15) is 5.75 Å². The van der Waals surface area contributed by atoms with Crippen molar-refractivity contribution in [3.05, 3.63) is 28.8 Å². The quantitative estimate of drug-likeness (QED) is 0.332. The maximum absolute atomic E-state index is 12.5. The second-order valence-corrected chi connectivity index (χ2v) is 6.20. The van der Waals surface area contributed by atoms with Crippen LogP contribution < -0.4 is 15.4 Å². The lowest BCUT2D eigenvalue weighted by Crippen LogP contribution is -2.44. The second kappa shape index (κ2) is 12.2. The minimum atomic E-state index is -2.93. The van der Waals surface area contributed by atoms with Gasteiger partial charge in [-0.3, -0.25) is 4.79 Å². The zero-order valence-corrected chi connectivity index (χ0v) is 18.1. The molecule has 0 atom stereocenters. The average Bonchev–Trinajstić information content (AvgIpc) is 3.13. The summed E-state index contributed by atoms with van der Waals surface area (Å²) in [5.74, 6) is 0.456. The highest BCUT2D eigenvalue weighted by Gasteiger charge is 2.17.